The number of rotatable bonds is 3. The van der Waals surface area contributed by atoms with Crippen LogP contribution in [0.3, 0.4) is 0 Å². The first-order chi connectivity index (χ1) is 8.35. The van der Waals surface area contributed by atoms with E-state index in [1.807, 2.05) is 7.11 Å². The first-order valence-electron chi connectivity index (χ1n) is 6.94. The molecule has 0 heterocycles. The molecule has 4 aliphatic rings. The van der Waals surface area contributed by atoms with Crippen molar-refractivity contribution in [3.8, 4) is 0 Å². The van der Waals surface area contributed by atoms with Crippen LogP contribution < -0.4 is 0 Å². The molecule has 3 fully saturated rings. The Kier molecular flexibility index (Phi) is 2.00. The van der Waals surface area contributed by atoms with Gasteiger partial charge < -0.3 is 4.74 Å². The molecule has 0 aromatic heterocycles. The van der Waals surface area contributed by atoms with Gasteiger partial charge in [-0.3, -0.25) is 0 Å². The van der Waals surface area contributed by atoms with Crippen LogP contribution in [0.25, 0.3) is 0 Å². The monoisotopic (exact) mass is 228 g/mol. The molecule has 2 bridgehead atoms. The molecule has 0 aromatic carbocycles. The molecule has 0 amide bonds. The van der Waals surface area contributed by atoms with Crippen LogP contribution in [0.2, 0.25) is 0 Å². The molecule has 0 aliphatic heterocycles. The van der Waals surface area contributed by atoms with Gasteiger partial charge in [-0.05, 0) is 31.1 Å². The molecule has 1 heteroatoms. The van der Waals surface area contributed by atoms with Gasteiger partial charge in [0.25, 0.3) is 0 Å². The van der Waals surface area contributed by atoms with E-state index in [4.69, 9.17) is 4.74 Å². The van der Waals surface area contributed by atoms with Crippen LogP contribution in [-0.2, 0) is 4.74 Å². The van der Waals surface area contributed by atoms with E-state index < -0.39 is 0 Å². The Morgan fingerprint density at radius 1 is 1.12 bits per heavy atom. The van der Waals surface area contributed by atoms with E-state index >= 15 is 0 Å². The Hall–Kier alpha value is -0.820. The largest absolute Gasteiger partial charge is 0.374 e. The fourth-order valence-electron chi connectivity index (χ4n) is 4.87. The number of methoxy groups -OCH3 is 1. The minimum atomic E-state index is 0.119. The van der Waals surface area contributed by atoms with E-state index in [2.05, 4.69) is 36.5 Å². The predicted octanol–water partition coefficient (Wildman–Crippen LogP) is 3.35. The summed E-state index contributed by atoms with van der Waals surface area (Å²) in [5.74, 6) is 4.11. The van der Waals surface area contributed by atoms with Crippen LogP contribution >= 0.6 is 0 Å². The maximum absolute atomic E-state index is 5.92. The number of allylic oxidation sites excluding steroid dienone is 5. The Morgan fingerprint density at radius 2 is 1.76 bits per heavy atom. The van der Waals surface area contributed by atoms with E-state index in [-0.39, 0.29) is 5.60 Å². The molecule has 1 nitrogen and oxygen atoms in total. The summed E-state index contributed by atoms with van der Waals surface area (Å²) in [6, 6.07) is 0. The first kappa shape index (κ1) is 10.1. The predicted molar refractivity (Wildman–Crippen MR) is 68.5 cm³/mol. The van der Waals surface area contributed by atoms with Gasteiger partial charge in [0.1, 0.15) is 0 Å². The standard InChI is InChI=1S/C16H20O/c1-17-16(9-8-11-4-2-3-5-11)14-12-6-7-13(10-12)15(14)16/h2-5,8-9,11-15H,6-7,10H2,1H3/b9-8+/t12-,13+,14+,15-,16?. The first-order valence-corrected chi connectivity index (χ1v) is 6.94. The van der Waals surface area contributed by atoms with E-state index in [0.717, 1.165) is 23.7 Å². The summed E-state index contributed by atoms with van der Waals surface area (Å²) in [6.45, 7) is 0. The highest BCUT2D eigenvalue weighted by Gasteiger charge is 2.74. The summed E-state index contributed by atoms with van der Waals surface area (Å²) < 4.78 is 5.92. The number of hydrogen-bond acceptors (Lipinski definition) is 1. The van der Waals surface area contributed by atoms with Gasteiger partial charge in [-0.15, -0.1) is 0 Å². The zero-order valence-electron chi connectivity index (χ0n) is 10.4. The molecule has 4 aliphatic carbocycles. The Labute approximate surface area is 103 Å². The second-order valence-electron chi connectivity index (χ2n) is 6.15. The van der Waals surface area contributed by atoms with Crippen molar-refractivity contribution < 1.29 is 4.74 Å². The van der Waals surface area contributed by atoms with E-state index in [1.165, 1.54) is 19.3 Å². The average Bonchev–Trinajstić information content (AvgIpc) is 2.85. The molecule has 4 rings (SSSR count). The number of ether oxygens (including phenoxy) is 1. The SMILES string of the molecule is COC1(/C=C/C2C=CC=C2)[C@@H]2[C@H]3CC[C@H](C3)[C@@H]21. The van der Waals surface area contributed by atoms with Crippen molar-refractivity contribution in [1.29, 1.82) is 0 Å². The number of fused-ring (bicyclic) bond motifs is 5. The highest BCUT2D eigenvalue weighted by Crippen LogP contribution is 2.73. The Balaban J connectivity index is 1.56. The lowest BCUT2D eigenvalue weighted by atomic mass is 9.98. The molecule has 90 valence electrons. The molecule has 0 aromatic rings. The van der Waals surface area contributed by atoms with Gasteiger partial charge >= 0.3 is 0 Å². The van der Waals surface area contributed by atoms with Crippen LogP contribution in [-0.4, -0.2) is 12.7 Å². The summed E-state index contributed by atoms with van der Waals surface area (Å²) >= 11 is 0. The van der Waals surface area contributed by atoms with E-state index in [1.54, 1.807) is 0 Å². The summed E-state index contributed by atoms with van der Waals surface area (Å²) in [7, 11) is 1.91. The van der Waals surface area contributed by atoms with Gasteiger partial charge in [0.05, 0.1) is 5.60 Å². The van der Waals surface area contributed by atoms with Gasteiger partial charge in [0.15, 0.2) is 0 Å². The molecule has 0 spiro atoms. The van der Waals surface area contributed by atoms with Gasteiger partial charge in [0, 0.05) is 24.9 Å². The fourth-order valence-corrected chi connectivity index (χ4v) is 4.87. The van der Waals surface area contributed by atoms with Crippen LogP contribution in [0, 0.1) is 29.6 Å². The smallest absolute Gasteiger partial charge is 0.0928 e. The van der Waals surface area contributed by atoms with Crippen molar-refractivity contribution in [3.05, 3.63) is 36.5 Å². The lowest BCUT2D eigenvalue weighted by Gasteiger charge is -2.18. The van der Waals surface area contributed by atoms with Crippen molar-refractivity contribution >= 4 is 0 Å². The van der Waals surface area contributed by atoms with E-state index in [0.29, 0.717) is 5.92 Å². The summed E-state index contributed by atoms with van der Waals surface area (Å²) in [4.78, 5) is 0. The van der Waals surface area contributed by atoms with Crippen molar-refractivity contribution in [2.75, 3.05) is 7.11 Å². The topological polar surface area (TPSA) is 9.23 Å². The molecular weight excluding hydrogens is 208 g/mol. The van der Waals surface area contributed by atoms with Crippen LogP contribution in [0.5, 0.6) is 0 Å². The maximum Gasteiger partial charge on any atom is 0.0928 e. The summed E-state index contributed by atoms with van der Waals surface area (Å²) in [5, 5.41) is 0. The van der Waals surface area contributed by atoms with Gasteiger partial charge in [-0.2, -0.15) is 0 Å². The second kappa shape index (κ2) is 3.35. The van der Waals surface area contributed by atoms with Crippen LogP contribution in [0.1, 0.15) is 19.3 Å². The van der Waals surface area contributed by atoms with Crippen LogP contribution in [0.15, 0.2) is 36.5 Å². The summed E-state index contributed by atoms with van der Waals surface area (Å²) in [6.07, 6.45) is 17.9. The Morgan fingerprint density at radius 3 is 2.35 bits per heavy atom. The normalized spacial score (nSPS) is 50.6. The van der Waals surface area contributed by atoms with Gasteiger partial charge in [0.2, 0.25) is 0 Å². The fraction of sp³-hybridized carbons (Fsp3) is 0.625. The third kappa shape index (κ3) is 1.24. The lowest BCUT2D eigenvalue weighted by Crippen LogP contribution is -2.20. The van der Waals surface area contributed by atoms with Crippen molar-refractivity contribution in [3.63, 3.8) is 0 Å². The zero-order chi connectivity index (χ0) is 11.5. The van der Waals surface area contributed by atoms with Gasteiger partial charge in [-0.25, -0.2) is 0 Å². The molecule has 0 radical (unpaired) electrons. The molecule has 3 saturated carbocycles. The minimum absolute atomic E-state index is 0.119. The molecule has 0 N–H and O–H groups in total. The molecular formula is C16H20O. The minimum Gasteiger partial charge on any atom is -0.374 e. The van der Waals surface area contributed by atoms with Crippen LogP contribution in [0.4, 0.5) is 0 Å². The van der Waals surface area contributed by atoms with Crippen molar-refractivity contribution in [2.45, 2.75) is 24.9 Å². The quantitative estimate of drug-likeness (QED) is 0.673. The van der Waals surface area contributed by atoms with Crippen molar-refractivity contribution in [1.82, 2.24) is 0 Å². The lowest BCUT2D eigenvalue weighted by molar-refractivity contribution is 0.0749. The maximum atomic E-state index is 5.92. The molecule has 1 unspecified atom stereocenters. The molecule has 17 heavy (non-hydrogen) atoms. The average molecular weight is 228 g/mol. The highest BCUT2D eigenvalue weighted by molar-refractivity contribution is 5.33. The summed E-state index contributed by atoms with van der Waals surface area (Å²) in [5.41, 5.74) is 0.119. The van der Waals surface area contributed by atoms with E-state index in [9.17, 15) is 0 Å². The van der Waals surface area contributed by atoms with Gasteiger partial charge in [-0.1, -0.05) is 36.5 Å². The Bertz CT molecular complexity index is 389. The highest BCUT2D eigenvalue weighted by atomic mass is 16.5. The third-order valence-corrected chi connectivity index (χ3v) is 5.56. The van der Waals surface area contributed by atoms with Crippen molar-refractivity contribution in [2.24, 2.45) is 29.6 Å². The second-order valence-corrected chi connectivity index (χ2v) is 6.15. The third-order valence-electron chi connectivity index (χ3n) is 5.56. The zero-order valence-corrected chi connectivity index (χ0v) is 10.4. The molecule has 0 saturated heterocycles. The molecule has 5 atom stereocenters. The number of hydrogen-bond donors (Lipinski definition) is 0.